The Labute approximate surface area is 236 Å². The Hall–Kier alpha value is -5.08. The summed E-state index contributed by atoms with van der Waals surface area (Å²) in [5, 5.41) is 1.18. The molecule has 0 aliphatic carbocycles. The first kappa shape index (κ1) is 25.2. The van der Waals surface area contributed by atoms with Crippen molar-refractivity contribution in [3.63, 3.8) is 0 Å². The lowest BCUT2D eigenvalue weighted by Gasteiger charge is -2.26. The summed E-state index contributed by atoms with van der Waals surface area (Å²) in [6, 6.07) is 43.4. The van der Waals surface area contributed by atoms with E-state index in [1.807, 2.05) is 12.2 Å². The maximum absolute atomic E-state index is 4.09. The van der Waals surface area contributed by atoms with Gasteiger partial charge in [-0.15, -0.1) is 0 Å². The second-order valence-corrected chi connectivity index (χ2v) is 10.2. The molecule has 5 aromatic carbocycles. The summed E-state index contributed by atoms with van der Waals surface area (Å²) in [5.41, 5.74) is 12.7. The molecule has 1 aromatic heterocycles. The van der Waals surface area contributed by atoms with E-state index in [1.165, 1.54) is 27.6 Å². The quantitative estimate of drug-likeness (QED) is 0.205. The van der Waals surface area contributed by atoms with Crippen molar-refractivity contribution in [2.24, 2.45) is 0 Å². The Bertz CT molecular complexity index is 1760. The van der Waals surface area contributed by atoms with Crippen LogP contribution >= 0.6 is 0 Å². The van der Waals surface area contributed by atoms with Gasteiger partial charge in [0.05, 0.1) is 11.2 Å². The highest BCUT2D eigenvalue weighted by Crippen LogP contribution is 2.36. The van der Waals surface area contributed by atoms with E-state index in [-0.39, 0.29) is 0 Å². The van der Waals surface area contributed by atoms with E-state index in [4.69, 9.17) is 0 Å². The monoisotopic (exact) mass is 516 g/mol. The molecule has 40 heavy (non-hydrogen) atoms. The van der Waals surface area contributed by atoms with Crippen molar-refractivity contribution in [3.8, 4) is 16.8 Å². The van der Waals surface area contributed by atoms with Crippen molar-refractivity contribution in [1.29, 1.82) is 0 Å². The van der Waals surface area contributed by atoms with E-state index in [0.717, 1.165) is 39.5 Å². The Kier molecular flexibility index (Phi) is 6.67. The largest absolute Gasteiger partial charge is 0.311 e. The van der Waals surface area contributed by atoms with Crippen LogP contribution in [0.3, 0.4) is 0 Å². The van der Waals surface area contributed by atoms with Gasteiger partial charge in [-0.05, 0) is 85.6 Å². The van der Waals surface area contributed by atoms with E-state index in [9.17, 15) is 0 Å². The van der Waals surface area contributed by atoms with Gasteiger partial charge < -0.3 is 9.47 Å². The minimum Gasteiger partial charge on any atom is -0.311 e. The number of hydrogen-bond donors (Lipinski definition) is 0. The van der Waals surface area contributed by atoms with E-state index in [0.29, 0.717) is 0 Å². The number of nitrogens with zero attached hydrogens (tertiary/aromatic N) is 2. The summed E-state index contributed by atoms with van der Waals surface area (Å²) < 4.78 is 2.26. The first-order valence-corrected chi connectivity index (χ1v) is 13.6. The minimum absolute atomic E-state index is 1.06. The molecule has 0 saturated carbocycles. The van der Waals surface area contributed by atoms with Crippen LogP contribution in [0.5, 0.6) is 0 Å². The smallest absolute Gasteiger partial charge is 0.0541 e. The molecule has 0 fully saturated rings. The van der Waals surface area contributed by atoms with Crippen molar-refractivity contribution in [2.45, 2.75) is 13.8 Å². The Morgan fingerprint density at radius 1 is 0.550 bits per heavy atom. The lowest BCUT2D eigenvalue weighted by molar-refractivity contribution is 1.11. The maximum Gasteiger partial charge on any atom is 0.0541 e. The highest BCUT2D eigenvalue weighted by Gasteiger charge is 2.15. The van der Waals surface area contributed by atoms with Gasteiger partial charge in [0.1, 0.15) is 0 Å². The number of anilines is 3. The van der Waals surface area contributed by atoms with Gasteiger partial charge in [-0.3, -0.25) is 0 Å². The van der Waals surface area contributed by atoms with Gasteiger partial charge in [0.25, 0.3) is 0 Å². The Morgan fingerprint density at radius 2 is 1.02 bits per heavy atom. The number of para-hydroxylation sites is 1. The summed E-state index contributed by atoms with van der Waals surface area (Å²) in [5.74, 6) is 0. The Morgan fingerprint density at radius 3 is 1.52 bits per heavy atom. The number of fused-ring (bicyclic) bond motifs is 1. The maximum atomic E-state index is 4.09. The highest BCUT2D eigenvalue weighted by molar-refractivity contribution is 5.95. The Balaban J connectivity index is 1.35. The van der Waals surface area contributed by atoms with Crippen LogP contribution in [0.4, 0.5) is 17.1 Å². The second kappa shape index (κ2) is 10.6. The molecule has 0 spiro atoms. The number of rotatable bonds is 7. The molecule has 0 aliphatic heterocycles. The van der Waals surface area contributed by atoms with Crippen LogP contribution in [0, 0.1) is 13.8 Å². The van der Waals surface area contributed by atoms with E-state index in [2.05, 4.69) is 158 Å². The third-order valence-electron chi connectivity index (χ3n) is 7.52. The van der Waals surface area contributed by atoms with Crippen molar-refractivity contribution in [3.05, 3.63) is 157 Å². The predicted octanol–water partition coefficient (Wildman–Crippen LogP) is 10.7. The normalized spacial score (nSPS) is 10.9. The van der Waals surface area contributed by atoms with E-state index < -0.39 is 0 Å². The van der Waals surface area contributed by atoms with Crippen molar-refractivity contribution >= 4 is 40.1 Å². The molecule has 0 unspecified atom stereocenters. The summed E-state index contributed by atoms with van der Waals surface area (Å²) in [7, 11) is 0. The van der Waals surface area contributed by atoms with Crippen LogP contribution in [0.1, 0.15) is 22.4 Å². The van der Waals surface area contributed by atoms with Crippen LogP contribution in [-0.2, 0) is 0 Å². The third kappa shape index (κ3) is 4.54. The molecule has 194 valence electrons. The first-order valence-electron chi connectivity index (χ1n) is 13.6. The lowest BCUT2D eigenvalue weighted by atomic mass is 10.0. The van der Waals surface area contributed by atoms with Crippen LogP contribution in [0.15, 0.2) is 134 Å². The van der Waals surface area contributed by atoms with Crippen LogP contribution in [0.2, 0.25) is 0 Å². The summed E-state index contributed by atoms with van der Waals surface area (Å²) in [4.78, 5) is 2.30. The van der Waals surface area contributed by atoms with Gasteiger partial charge in [0, 0.05) is 33.7 Å². The molecule has 6 aromatic rings. The molecule has 0 amide bonds. The van der Waals surface area contributed by atoms with E-state index in [1.54, 1.807) is 0 Å². The molecule has 0 radical (unpaired) electrons. The fourth-order valence-corrected chi connectivity index (χ4v) is 5.42. The van der Waals surface area contributed by atoms with Crippen molar-refractivity contribution in [2.75, 3.05) is 4.90 Å². The molecule has 2 nitrogen and oxygen atoms in total. The van der Waals surface area contributed by atoms with Crippen molar-refractivity contribution in [1.82, 2.24) is 4.57 Å². The highest BCUT2D eigenvalue weighted by atomic mass is 15.1. The van der Waals surface area contributed by atoms with Gasteiger partial charge in [-0.2, -0.15) is 0 Å². The average Bonchev–Trinajstić information content (AvgIpc) is 3.33. The zero-order valence-corrected chi connectivity index (χ0v) is 23.0. The number of aryl methyl sites for hydroxylation is 2. The number of benzene rings is 5. The average molecular weight is 517 g/mol. The van der Waals surface area contributed by atoms with Crippen LogP contribution in [0.25, 0.3) is 39.9 Å². The topological polar surface area (TPSA) is 8.17 Å². The zero-order chi connectivity index (χ0) is 27.6. The van der Waals surface area contributed by atoms with Gasteiger partial charge in [0.2, 0.25) is 0 Å². The number of aromatic nitrogens is 1. The van der Waals surface area contributed by atoms with Crippen LogP contribution < -0.4 is 4.90 Å². The number of hydrogen-bond acceptors (Lipinski definition) is 1. The lowest BCUT2D eigenvalue weighted by Crippen LogP contribution is -2.09. The SMILES string of the molecule is C=Cc1c(C=C)n(-c2ccc(-c3ccc(N(c4ccc(C)cc4)c4ccc(C)cc4)cc3)cc2)c2ccccc12. The summed E-state index contributed by atoms with van der Waals surface area (Å²) >= 11 is 0. The minimum atomic E-state index is 1.06. The van der Waals surface area contributed by atoms with Gasteiger partial charge in [0.15, 0.2) is 0 Å². The summed E-state index contributed by atoms with van der Waals surface area (Å²) in [6.45, 7) is 12.4. The molecule has 0 saturated heterocycles. The summed E-state index contributed by atoms with van der Waals surface area (Å²) in [6.07, 6.45) is 3.83. The molecule has 2 heteroatoms. The molecule has 0 aliphatic rings. The fraction of sp³-hybridized carbons (Fsp3) is 0.0526. The molecule has 1 heterocycles. The third-order valence-corrected chi connectivity index (χ3v) is 7.52. The molecule has 0 N–H and O–H groups in total. The molecular formula is C38H32N2. The van der Waals surface area contributed by atoms with Gasteiger partial charge in [-0.1, -0.05) is 97.1 Å². The second-order valence-electron chi connectivity index (χ2n) is 10.2. The van der Waals surface area contributed by atoms with Gasteiger partial charge in [-0.25, -0.2) is 0 Å². The van der Waals surface area contributed by atoms with E-state index >= 15 is 0 Å². The van der Waals surface area contributed by atoms with Crippen LogP contribution in [-0.4, -0.2) is 4.57 Å². The van der Waals surface area contributed by atoms with Gasteiger partial charge >= 0.3 is 0 Å². The molecule has 6 rings (SSSR count). The van der Waals surface area contributed by atoms with Crippen molar-refractivity contribution < 1.29 is 0 Å². The molecule has 0 atom stereocenters. The predicted molar refractivity (Wildman–Crippen MR) is 173 cm³/mol. The molecule has 0 bridgehead atoms. The first-order chi connectivity index (χ1) is 19.6. The zero-order valence-electron chi connectivity index (χ0n) is 23.0. The molecular weight excluding hydrogens is 484 g/mol. The standard InChI is InChI=1S/C38H32N2/c1-5-35-36-9-7-8-10-38(36)40(37(35)6-2)34-25-17-30(18-26-34)29-15-23-33(24-16-29)39(31-19-11-27(3)12-20-31)32-21-13-28(4)14-22-32/h5-26H,1-2H2,3-4H3. The fourth-order valence-electron chi connectivity index (χ4n) is 5.42.